The highest BCUT2D eigenvalue weighted by molar-refractivity contribution is 6.31. The summed E-state index contributed by atoms with van der Waals surface area (Å²) < 4.78 is 18.8. The van der Waals surface area contributed by atoms with Crippen LogP contribution in [0.3, 0.4) is 0 Å². The zero-order valence-corrected chi connectivity index (χ0v) is 23.3. The molecule has 3 aromatic rings. The molecule has 0 aromatic heterocycles. The van der Waals surface area contributed by atoms with Crippen molar-refractivity contribution >= 4 is 35.0 Å². The third-order valence-electron chi connectivity index (χ3n) is 7.09. The van der Waals surface area contributed by atoms with Gasteiger partial charge in [-0.1, -0.05) is 41.9 Å². The summed E-state index contributed by atoms with van der Waals surface area (Å²) in [4.78, 5) is 39.3. The van der Waals surface area contributed by atoms with Gasteiger partial charge in [0.05, 0.1) is 13.5 Å². The van der Waals surface area contributed by atoms with Gasteiger partial charge < -0.3 is 20.3 Å². The normalized spacial score (nSPS) is 14.3. The minimum atomic E-state index is -0.744. The molecule has 2 N–H and O–H groups in total. The summed E-state index contributed by atoms with van der Waals surface area (Å²) in [6, 6.07) is 18.3. The Morgan fingerprint density at radius 3 is 2.40 bits per heavy atom. The highest BCUT2D eigenvalue weighted by Gasteiger charge is 2.29. The molecule has 9 heteroatoms. The first kappa shape index (κ1) is 29.1. The molecule has 3 aromatic carbocycles. The van der Waals surface area contributed by atoms with Crippen molar-refractivity contribution in [3.8, 4) is 5.75 Å². The second-order valence-corrected chi connectivity index (χ2v) is 10.4. The SMILES string of the molecule is COc1ccc(CC(=O)Nc2ccc(C3CCN(C(=O)C(Cc4cccc(F)c4)NC(C)=O)CC3)cc2)c(Cl)c1. The molecule has 1 unspecified atom stereocenters. The predicted octanol–water partition coefficient (Wildman–Crippen LogP) is 5.12. The molecule has 0 bridgehead atoms. The van der Waals surface area contributed by atoms with Crippen LogP contribution in [0.1, 0.15) is 42.4 Å². The zero-order chi connectivity index (χ0) is 28.6. The second kappa shape index (κ2) is 13.4. The van der Waals surface area contributed by atoms with E-state index in [4.69, 9.17) is 16.3 Å². The maximum absolute atomic E-state index is 13.6. The highest BCUT2D eigenvalue weighted by atomic mass is 35.5. The average molecular weight is 566 g/mol. The summed E-state index contributed by atoms with van der Waals surface area (Å²) >= 11 is 6.26. The van der Waals surface area contributed by atoms with Gasteiger partial charge in [0.25, 0.3) is 0 Å². The van der Waals surface area contributed by atoms with E-state index < -0.39 is 6.04 Å². The Labute approximate surface area is 238 Å². The number of carbonyl (C=O) groups excluding carboxylic acids is 3. The lowest BCUT2D eigenvalue weighted by molar-refractivity contribution is -0.137. The number of carbonyl (C=O) groups is 3. The first-order valence-electron chi connectivity index (χ1n) is 13.2. The van der Waals surface area contributed by atoms with Gasteiger partial charge in [-0.15, -0.1) is 0 Å². The number of ether oxygens (including phenoxy) is 1. The van der Waals surface area contributed by atoms with E-state index in [-0.39, 0.29) is 42.3 Å². The molecule has 7 nitrogen and oxygen atoms in total. The summed E-state index contributed by atoms with van der Waals surface area (Å²) in [6.45, 7) is 2.49. The molecule has 0 radical (unpaired) electrons. The van der Waals surface area contributed by atoms with E-state index in [1.54, 1.807) is 42.3 Å². The average Bonchev–Trinajstić information content (AvgIpc) is 2.93. The maximum atomic E-state index is 13.6. The largest absolute Gasteiger partial charge is 0.497 e. The van der Waals surface area contributed by atoms with E-state index in [9.17, 15) is 18.8 Å². The lowest BCUT2D eigenvalue weighted by Gasteiger charge is -2.34. The molecule has 0 saturated carbocycles. The number of hydrogen-bond acceptors (Lipinski definition) is 4. The van der Waals surface area contributed by atoms with Crippen LogP contribution in [0, 0.1) is 5.82 Å². The van der Waals surface area contributed by atoms with E-state index in [1.807, 2.05) is 24.3 Å². The summed E-state index contributed by atoms with van der Waals surface area (Å²) in [5, 5.41) is 6.12. The fourth-order valence-electron chi connectivity index (χ4n) is 5.01. The maximum Gasteiger partial charge on any atom is 0.245 e. The Hall–Kier alpha value is -3.91. The Morgan fingerprint density at radius 2 is 1.77 bits per heavy atom. The molecule has 0 aliphatic carbocycles. The molecule has 1 heterocycles. The van der Waals surface area contributed by atoms with Gasteiger partial charge in [0, 0.05) is 37.1 Å². The van der Waals surface area contributed by atoms with Gasteiger partial charge in [-0.05, 0) is 71.8 Å². The molecular formula is C31H33ClFN3O4. The molecule has 1 aliphatic rings. The number of amides is 3. The van der Waals surface area contributed by atoms with Crippen molar-refractivity contribution in [2.45, 2.75) is 44.6 Å². The van der Waals surface area contributed by atoms with Crippen LogP contribution < -0.4 is 15.4 Å². The van der Waals surface area contributed by atoms with E-state index >= 15 is 0 Å². The summed E-state index contributed by atoms with van der Waals surface area (Å²) in [6.07, 6.45) is 1.93. The second-order valence-electron chi connectivity index (χ2n) is 9.99. The van der Waals surface area contributed by atoms with Crippen molar-refractivity contribution in [1.82, 2.24) is 10.2 Å². The lowest BCUT2D eigenvalue weighted by Crippen LogP contribution is -2.51. The van der Waals surface area contributed by atoms with E-state index in [0.717, 1.165) is 24.0 Å². The van der Waals surface area contributed by atoms with Gasteiger partial charge in [0.15, 0.2) is 0 Å². The molecule has 3 amide bonds. The van der Waals surface area contributed by atoms with Crippen LogP contribution >= 0.6 is 11.6 Å². The summed E-state index contributed by atoms with van der Waals surface area (Å²) in [5.74, 6) is -0.0966. The van der Waals surface area contributed by atoms with Gasteiger partial charge in [0.1, 0.15) is 17.6 Å². The van der Waals surface area contributed by atoms with Gasteiger partial charge in [-0.25, -0.2) is 4.39 Å². The quantitative estimate of drug-likeness (QED) is 0.377. The number of piperidine rings is 1. The number of methoxy groups -OCH3 is 1. The van der Waals surface area contributed by atoms with Crippen molar-refractivity contribution in [2.24, 2.45) is 0 Å². The Bertz CT molecular complexity index is 1360. The van der Waals surface area contributed by atoms with Crippen molar-refractivity contribution in [1.29, 1.82) is 0 Å². The fraction of sp³-hybridized carbons (Fsp3) is 0.323. The van der Waals surface area contributed by atoms with E-state index in [2.05, 4.69) is 10.6 Å². The van der Waals surface area contributed by atoms with Gasteiger partial charge in [-0.3, -0.25) is 14.4 Å². The van der Waals surface area contributed by atoms with Crippen molar-refractivity contribution in [3.63, 3.8) is 0 Å². The Kier molecular flexibility index (Phi) is 9.77. The van der Waals surface area contributed by atoms with Gasteiger partial charge in [-0.2, -0.15) is 0 Å². The van der Waals surface area contributed by atoms with Gasteiger partial charge in [0.2, 0.25) is 17.7 Å². The third-order valence-corrected chi connectivity index (χ3v) is 7.44. The van der Waals surface area contributed by atoms with Crippen LogP contribution in [0.2, 0.25) is 5.02 Å². The number of rotatable bonds is 9. The number of halogens is 2. The van der Waals surface area contributed by atoms with Crippen LogP contribution in [-0.4, -0.2) is 48.9 Å². The topological polar surface area (TPSA) is 87.7 Å². The molecule has 4 rings (SSSR count). The molecule has 1 atom stereocenters. The Balaban J connectivity index is 1.30. The van der Waals surface area contributed by atoms with Crippen molar-refractivity contribution in [3.05, 3.63) is 94.3 Å². The molecule has 1 fully saturated rings. The molecular weight excluding hydrogens is 533 g/mol. The first-order valence-corrected chi connectivity index (χ1v) is 13.6. The van der Waals surface area contributed by atoms with Crippen LogP contribution in [0.4, 0.5) is 10.1 Å². The predicted molar refractivity (Wildman–Crippen MR) is 153 cm³/mol. The third kappa shape index (κ3) is 7.82. The molecule has 1 aliphatic heterocycles. The van der Waals surface area contributed by atoms with Crippen LogP contribution in [0.25, 0.3) is 0 Å². The smallest absolute Gasteiger partial charge is 0.245 e. The highest BCUT2D eigenvalue weighted by Crippen LogP contribution is 2.29. The van der Waals surface area contributed by atoms with Crippen LogP contribution in [0.5, 0.6) is 5.75 Å². The first-order chi connectivity index (χ1) is 19.2. The number of likely N-dealkylation sites (tertiary alicyclic amines) is 1. The monoisotopic (exact) mass is 565 g/mol. The number of hydrogen-bond donors (Lipinski definition) is 2. The van der Waals surface area contributed by atoms with E-state index in [0.29, 0.717) is 35.1 Å². The Morgan fingerprint density at radius 1 is 1.05 bits per heavy atom. The summed E-state index contributed by atoms with van der Waals surface area (Å²) in [5.41, 5.74) is 3.21. The van der Waals surface area contributed by atoms with Gasteiger partial charge >= 0.3 is 0 Å². The van der Waals surface area contributed by atoms with Crippen molar-refractivity contribution in [2.75, 3.05) is 25.5 Å². The molecule has 1 saturated heterocycles. The zero-order valence-electron chi connectivity index (χ0n) is 22.6. The number of nitrogens with zero attached hydrogens (tertiary/aromatic N) is 1. The summed E-state index contributed by atoms with van der Waals surface area (Å²) in [7, 11) is 1.56. The van der Waals surface area contributed by atoms with Crippen LogP contribution in [0.15, 0.2) is 66.7 Å². The number of anilines is 1. The number of nitrogens with one attached hydrogen (secondary N) is 2. The molecule has 0 spiro atoms. The molecule has 40 heavy (non-hydrogen) atoms. The lowest BCUT2D eigenvalue weighted by atomic mass is 9.89. The fourth-order valence-corrected chi connectivity index (χ4v) is 5.25. The standard InChI is InChI=1S/C31H33ClFN3O4/c1-20(37)34-29(17-21-4-3-5-25(33)16-21)31(39)36-14-12-23(13-15-36)22-6-9-26(10-7-22)35-30(38)18-24-8-11-27(40-2)19-28(24)32/h3-11,16,19,23,29H,12-15,17-18H2,1-2H3,(H,34,37)(H,35,38). The van der Waals surface area contributed by atoms with Crippen molar-refractivity contribution < 1.29 is 23.5 Å². The minimum Gasteiger partial charge on any atom is -0.497 e. The minimum absolute atomic E-state index is 0.149. The van der Waals surface area contributed by atoms with Crippen LogP contribution in [-0.2, 0) is 27.2 Å². The molecule has 210 valence electrons. The number of benzene rings is 3. The van der Waals surface area contributed by atoms with E-state index in [1.165, 1.54) is 19.1 Å².